The molecule has 1 aromatic rings. The van der Waals surface area contributed by atoms with E-state index >= 15 is 0 Å². The summed E-state index contributed by atoms with van der Waals surface area (Å²) in [6, 6.07) is 5.21. The first-order valence-electron chi connectivity index (χ1n) is 7.15. The van der Waals surface area contributed by atoms with Crippen LogP contribution in [0, 0.1) is 12.8 Å². The van der Waals surface area contributed by atoms with Crippen LogP contribution in [0.25, 0.3) is 0 Å². The molecular formula is C15H22ClNO3S. The molecule has 1 fully saturated rings. The van der Waals surface area contributed by atoms with Crippen molar-refractivity contribution in [3.8, 4) is 0 Å². The number of ether oxygens (including phenoxy) is 1. The third kappa shape index (κ3) is 4.19. The number of rotatable bonds is 8. The third-order valence-electron chi connectivity index (χ3n) is 3.83. The third-order valence-corrected chi connectivity index (χ3v) is 6.12. The Labute approximate surface area is 132 Å². The molecule has 0 atom stereocenters. The number of alkyl halides is 1. The van der Waals surface area contributed by atoms with Gasteiger partial charge in [0.05, 0.1) is 11.5 Å². The monoisotopic (exact) mass is 331 g/mol. The van der Waals surface area contributed by atoms with Crippen LogP contribution in [-0.4, -0.2) is 39.5 Å². The van der Waals surface area contributed by atoms with E-state index in [9.17, 15) is 8.42 Å². The van der Waals surface area contributed by atoms with Crippen LogP contribution < -0.4 is 0 Å². The van der Waals surface area contributed by atoms with E-state index in [4.69, 9.17) is 16.3 Å². The lowest BCUT2D eigenvalue weighted by atomic mass is 10.1. The quantitative estimate of drug-likeness (QED) is 0.543. The Morgan fingerprint density at radius 2 is 2.10 bits per heavy atom. The maximum Gasteiger partial charge on any atom is 0.243 e. The molecule has 0 bridgehead atoms. The fraction of sp³-hybridized carbons (Fsp3) is 0.600. The summed E-state index contributed by atoms with van der Waals surface area (Å²) in [5.41, 5.74) is 1.56. The predicted molar refractivity (Wildman–Crippen MR) is 84.1 cm³/mol. The molecule has 1 aromatic carbocycles. The SMILES string of the molecule is Cc1c(CCl)cccc1S(=O)(=O)N(C)CCOCC1CC1. The Hall–Kier alpha value is -0.620. The van der Waals surface area contributed by atoms with Gasteiger partial charge in [-0.05, 0) is 42.9 Å². The first kappa shape index (κ1) is 16.7. The summed E-state index contributed by atoms with van der Waals surface area (Å²) in [5, 5.41) is 0. The van der Waals surface area contributed by atoms with Crippen LogP contribution in [0.1, 0.15) is 24.0 Å². The second-order valence-electron chi connectivity index (χ2n) is 5.52. The van der Waals surface area contributed by atoms with E-state index in [0.29, 0.717) is 29.8 Å². The Bertz CT molecular complexity index is 585. The molecule has 6 heteroatoms. The fourth-order valence-electron chi connectivity index (χ4n) is 2.10. The summed E-state index contributed by atoms with van der Waals surface area (Å²) in [6.45, 7) is 3.33. The summed E-state index contributed by atoms with van der Waals surface area (Å²) in [5.74, 6) is 0.998. The molecule has 0 aliphatic heterocycles. The van der Waals surface area contributed by atoms with Crippen molar-refractivity contribution in [1.29, 1.82) is 0 Å². The topological polar surface area (TPSA) is 46.6 Å². The molecule has 4 nitrogen and oxygen atoms in total. The van der Waals surface area contributed by atoms with Crippen molar-refractivity contribution >= 4 is 21.6 Å². The maximum absolute atomic E-state index is 12.6. The average molecular weight is 332 g/mol. The molecule has 0 unspecified atom stereocenters. The second-order valence-corrected chi connectivity index (χ2v) is 7.80. The van der Waals surface area contributed by atoms with E-state index in [1.165, 1.54) is 17.1 Å². The number of halogens is 1. The van der Waals surface area contributed by atoms with Gasteiger partial charge in [0.15, 0.2) is 0 Å². The molecule has 0 amide bonds. The average Bonchev–Trinajstić information content (AvgIpc) is 3.27. The van der Waals surface area contributed by atoms with E-state index in [1.54, 1.807) is 26.1 Å². The van der Waals surface area contributed by atoms with Gasteiger partial charge < -0.3 is 4.74 Å². The standard InChI is InChI=1S/C15H22ClNO3S/c1-12-14(10-16)4-3-5-15(12)21(18,19)17(2)8-9-20-11-13-6-7-13/h3-5,13H,6-11H2,1-2H3. The van der Waals surface area contributed by atoms with Crippen molar-refractivity contribution < 1.29 is 13.2 Å². The van der Waals surface area contributed by atoms with Gasteiger partial charge in [-0.15, -0.1) is 11.6 Å². The molecule has 0 aromatic heterocycles. The first-order valence-corrected chi connectivity index (χ1v) is 9.12. The zero-order valence-electron chi connectivity index (χ0n) is 12.5. The van der Waals surface area contributed by atoms with Gasteiger partial charge in [0.25, 0.3) is 0 Å². The van der Waals surface area contributed by atoms with Crippen molar-refractivity contribution in [2.45, 2.75) is 30.5 Å². The van der Waals surface area contributed by atoms with Gasteiger partial charge in [-0.3, -0.25) is 0 Å². The van der Waals surface area contributed by atoms with E-state index in [-0.39, 0.29) is 0 Å². The molecule has 1 aliphatic carbocycles. The first-order chi connectivity index (χ1) is 9.96. The lowest BCUT2D eigenvalue weighted by Crippen LogP contribution is -2.31. The zero-order chi connectivity index (χ0) is 15.5. The van der Waals surface area contributed by atoms with Crippen LogP contribution in [-0.2, 0) is 20.6 Å². The lowest BCUT2D eigenvalue weighted by Gasteiger charge is -2.19. The maximum atomic E-state index is 12.6. The summed E-state index contributed by atoms with van der Waals surface area (Å²) in [4.78, 5) is 0.324. The molecule has 0 N–H and O–H groups in total. The van der Waals surface area contributed by atoms with Crippen molar-refractivity contribution in [2.24, 2.45) is 5.92 Å². The van der Waals surface area contributed by atoms with E-state index in [0.717, 1.165) is 17.7 Å². The summed E-state index contributed by atoms with van der Waals surface area (Å²) < 4.78 is 32.0. The Morgan fingerprint density at radius 1 is 1.38 bits per heavy atom. The number of likely N-dealkylation sites (N-methyl/N-ethyl adjacent to an activating group) is 1. The predicted octanol–water partition coefficient (Wildman–Crippen LogP) is 2.78. The molecule has 0 heterocycles. The molecule has 21 heavy (non-hydrogen) atoms. The number of benzene rings is 1. The zero-order valence-corrected chi connectivity index (χ0v) is 14.1. The summed E-state index contributed by atoms with van der Waals surface area (Å²) >= 11 is 5.84. The van der Waals surface area contributed by atoms with Gasteiger partial charge in [-0.1, -0.05) is 12.1 Å². The van der Waals surface area contributed by atoms with Crippen molar-refractivity contribution in [3.05, 3.63) is 29.3 Å². The molecule has 1 saturated carbocycles. The molecule has 1 aliphatic rings. The molecule has 0 radical (unpaired) electrons. The van der Waals surface area contributed by atoms with Gasteiger partial charge in [0.2, 0.25) is 10.0 Å². The Morgan fingerprint density at radius 3 is 2.71 bits per heavy atom. The largest absolute Gasteiger partial charge is 0.380 e. The van der Waals surface area contributed by atoms with Crippen LogP contribution >= 0.6 is 11.6 Å². The van der Waals surface area contributed by atoms with Crippen LogP contribution in [0.2, 0.25) is 0 Å². The van der Waals surface area contributed by atoms with E-state index in [1.807, 2.05) is 6.07 Å². The highest BCUT2D eigenvalue weighted by Crippen LogP contribution is 2.28. The molecular weight excluding hydrogens is 310 g/mol. The van der Waals surface area contributed by atoms with Gasteiger partial charge >= 0.3 is 0 Å². The minimum Gasteiger partial charge on any atom is -0.380 e. The van der Waals surface area contributed by atoms with Gasteiger partial charge in [-0.25, -0.2) is 8.42 Å². The Kier molecular flexibility index (Phi) is 5.66. The lowest BCUT2D eigenvalue weighted by molar-refractivity contribution is 0.117. The minimum absolute atomic E-state index is 0.309. The van der Waals surface area contributed by atoms with Gasteiger partial charge in [0.1, 0.15) is 0 Å². The smallest absolute Gasteiger partial charge is 0.243 e. The number of hydrogen-bond acceptors (Lipinski definition) is 3. The second kappa shape index (κ2) is 7.09. The van der Waals surface area contributed by atoms with Gasteiger partial charge in [-0.2, -0.15) is 4.31 Å². The minimum atomic E-state index is -3.49. The van der Waals surface area contributed by atoms with Crippen LogP contribution in [0.3, 0.4) is 0 Å². The van der Waals surface area contributed by atoms with E-state index in [2.05, 4.69) is 0 Å². The van der Waals surface area contributed by atoms with Gasteiger partial charge in [0, 0.05) is 26.1 Å². The molecule has 0 spiro atoms. The highest BCUT2D eigenvalue weighted by atomic mass is 35.5. The molecule has 118 valence electrons. The highest BCUT2D eigenvalue weighted by molar-refractivity contribution is 7.89. The van der Waals surface area contributed by atoms with Crippen molar-refractivity contribution in [2.75, 3.05) is 26.8 Å². The fourth-order valence-corrected chi connectivity index (χ4v) is 3.81. The number of nitrogens with zero attached hydrogens (tertiary/aromatic N) is 1. The summed E-state index contributed by atoms with van der Waals surface area (Å²) in [7, 11) is -1.91. The number of sulfonamides is 1. The molecule has 2 rings (SSSR count). The summed E-state index contributed by atoms with van der Waals surface area (Å²) in [6.07, 6.45) is 2.47. The van der Waals surface area contributed by atoms with Crippen LogP contribution in [0.4, 0.5) is 0 Å². The highest BCUT2D eigenvalue weighted by Gasteiger charge is 2.24. The normalized spacial score (nSPS) is 15.6. The Balaban J connectivity index is 2.01. The molecule has 0 saturated heterocycles. The van der Waals surface area contributed by atoms with Crippen molar-refractivity contribution in [1.82, 2.24) is 4.31 Å². The van der Waals surface area contributed by atoms with Crippen LogP contribution in [0.15, 0.2) is 23.1 Å². The van der Waals surface area contributed by atoms with E-state index < -0.39 is 10.0 Å². The van der Waals surface area contributed by atoms with Crippen LogP contribution in [0.5, 0.6) is 0 Å². The van der Waals surface area contributed by atoms with Crippen molar-refractivity contribution in [3.63, 3.8) is 0 Å². The number of hydrogen-bond donors (Lipinski definition) is 0.